The minimum absolute atomic E-state index is 0.00116. The summed E-state index contributed by atoms with van der Waals surface area (Å²) >= 11 is 2.01. The Bertz CT molecular complexity index is 658. The smallest absolute Gasteiger partial charge is 0.292 e. The van der Waals surface area contributed by atoms with E-state index in [0.717, 1.165) is 25.9 Å². The summed E-state index contributed by atoms with van der Waals surface area (Å²) in [4.78, 5) is 25.5. The van der Waals surface area contributed by atoms with Crippen molar-refractivity contribution >= 4 is 29.0 Å². The lowest BCUT2D eigenvalue weighted by molar-refractivity contribution is -0.384. The lowest BCUT2D eigenvalue weighted by Gasteiger charge is -2.43. The number of amides is 1. The molecule has 1 heterocycles. The number of nitrogens with one attached hydrogen (secondary N) is 2. The van der Waals surface area contributed by atoms with Gasteiger partial charge in [0.2, 0.25) is 5.91 Å². The van der Waals surface area contributed by atoms with Gasteiger partial charge >= 0.3 is 0 Å². The number of hydrogen-bond donors (Lipinski definition) is 2. The van der Waals surface area contributed by atoms with Gasteiger partial charge in [0.1, 0.15) is 5.69 Å². The fraction of sp³-hybridized carbons (Fsp3) is 0.632. The van der Waals surface area contributed by atoms with Gasteiger partial charge in [-0.05, 0) is 18.9 Å². The van der Waals surface area contributed by atoms with Gasteiger partial charge in [-0.2, -0.15) is 11.8 Å². The van der Waals surface area contributed by atoms with Gasteiger partial charge in [-0.15, -0.1) is 0 Å². The van der Waals surface area contributed by atoms with Crippen molar-refractivity contribution in [1.29, 1.82) is 0 Å². The van der Waals surface area contributed by atoms with Crippen LogP contribution >= 0.6 is 11.8 Å². The third kappa shape index (κ3) is 5.13. The van der Waals surface area contributed by atoms with Crippen LogP contribution in [0.3, 0.4) is 0 Å². The molecular formula is C19H28N4O3S. The minimum Gasteiger partial charge on any atom is -0.379 e. The zero-order valence-electron chi connectivity index (χ0n) is 15.6. The Kier molecular flexibility index (Phi) is 6.95. The lowest BCUT2D eigenvalue weighted by atomic mass is 9.94. The van der Waals surface area contributed by atoms with Crippen LogP contribution in [0.15, 0.2) is 24.3 Å². The second-order valence-electron chi connectivity index (χ2n) is 7.26. The number of rotatable bonds is 8. The normalized spacial score (nSPS) is 19.6. The predicted molar refractivity (Wildman–Crippen MR) is 109 cm³/mol. The van der Waals surface area contributed by atoms with Crippen molar-refractivity contribution in [1.82, 2.24) is 10.2 Å². The van der Waals surface area contributed by atoms with Crippen molar-refractivity contribution in [3.05, 3.63) is 34.4 Å². The first-order valence-corrected chi connectivity index (χ1v) is 10.8. The van der Waals surface area contributed by atoms with Crippen LogP contribution in [0, 0.1) is 10.1 Å². The van der Waals surface area contributed by atoms with Gasteiger partial charge in [-0.3, -0.25) is 19.8 Å². The zero-order valence-corrected chi connectivity index (χ0v) is 16.4. The van der Waals surface area contributed by atoms with Gasteiger partial charge in [-0.25, -0.2) is 0 Å². The van der Waals surface area contributed by atoms with Crippen molar-refractivity contribution in [2.45, 2.75) is 37.6 Å². The van der Waals surface area contributed by atoms with Crippen LogP contribution in [-0.2, 0) is 4.79 Å². The van der Waals surface area contributed by atoms with E-state index in [1.165, 1.54) is 30.4 Å². The monoisotopic (exact) mass is 392 g/mol. The summed E-state index contributed by atoms with van der Waals surface area (Å²) in [6, 6.07) is 6.51. The zero-order chi connectivity index (χ0) is 19.1. The Labute approximate surface area is 164 Å². The summed E-state index contributed by atoms with van der Waals surface area (Å²) in [6.07, 6.45) is 5.09. The SMILES string of the molecule is O=C(CCNc1ccccc1[N+](=O)[O-])NCC1(N2CCSCC2)CCCC1. The van der Waals surface area contributed by atoms with Crippen LogP contribution < -0.4 is 10.6 Å². The van der Waals surface area contributed by atoms with E-state index < -0.39 is 4.92 Å². The molecule has 1 aromatic rings. The molecule has 1 aliphatic carbocycles. The molecule has 1 amide bonds. The number of nitro groups is 1. The first-order valence-electron chi connectivity index (χ1n) is 9.67. The molecule has 0 radical (unpaired) electrons. The minimum atomic E-state index is -0.414. The predicted octanol–water partition coefficient (Wildman–Crippen LogP) is 2.87. The Morgan fingerprint density at radius 1 is 1.22 bits per heavy atom. The van der Waals surface area contributed by atoms with E-state index in [4.69, 9.17) is 0 Å². The second-order valence-corrected chi connectivity index (χ2v) is 8.48. The van der Waals surface area contributed by atoms with Crippen LogP contribution in [0.5, 0.6) is 0 Å². The van der Waals surface area contributed by atoms with Gasteiger partial charge < -0.3 is 10.6 Å². The fourth-order valence-corrected chi connectivity index (χ4v) is 5.02. The maximum atomic E-state index is 12.3. The summed E-state index contributed by atoms with van der Waals surface area (Å²) < 4.78 is 0. The number of carbonyl (C=O) groups is 1. The van der Waals surface area contributed by atoms with Crippen LogP contribution in [0.25, 0.3) is 0 Å². The second kappa shape index (κ2) is 9.41. The Morgan fingerprint density at radius 3 is 2.63 bits per heavy atom. The number of para-hydroxylation sites is 2. The van der Waals surface area contributed by atoms with Gasteiger partial charge in [0, 0.05) is 55.7 Å². The molecule has 0 unspecified atom stereocenters. The molecule has 0 aromatic heterocycles. The van der Waals surface area contributed by atoms with Crippen LogP contribution in [0.1, 0.15) is 32.1 Å². The average Bonchev–Trinajstić information content (AvgIpc) is 3.18. The topological polar surface area (TPSA) is 87.5 Å². The van der Waals surface area contributed by atoms with Gasteiger partial charge in [0.05, 0.1) is 4.92 Å². The summed E-state index contributed by atoms with van der Waals surface area (Å²) in [7, 11) is 0. The highest BCUT2D eigenvalue weighted by Crippen LogP contribution is 2.36. The van der Waals surface area contributed by atoms with E-state index in [1.807, 2.05) is 11.8 Å². The summed E-state index contributed by atoms with van der Waals surface area (Å²) in [5, 5.41) is 17.2. The third-order valence-electron chi connectivity index (χ3n) is 5.60. The van der Waals surface area contributed by atoms with Crippen molar-refractivity contribution in [3.63, 3.8) is 0 Å². The van der Waals surface area contributed by atoms with E-state index in [0.29, 0.717) is 25.2 Å². The highest BCUT2D eigenvalue weighted by Gasteiger charge is 2.40. The van der Waals surface area contributed by atoms with Crippen molar-refractivity contribution in [3.8, 4) is 0 Å². The lowest BCUT2D eigenvalue weighted by Crippen LogP contribution is -2.56. The molecule has 2 aliphatic rings. The molecular weight excluding hydrogens is 364 g/mol. The third-order valence-corrected chi connectivity index (χ3v) is 6.54. The first kappa shape index (κ1) is 19.9. The molecule has 1 aliphatic heterocycles. The molecule has 27 heavy (non-hydrogen) atoms. The maximum absolute atomic E-state index is 12.3. The Balaban J connectivity index is 1.47. The molecule has 3 rings (SSSR count). The fourth-order valence-electron chi connectivity index (χ4n) is 4.12. The Morgan fingerprint density at radius 2 is 1.93 bits per heavy atom. The molecule has 2 fully saturated rings. The van der Waals surface area contributed by atoms with Gasteiger partial charge in [-0.1, -0.05) is 25.0 Å². The number of carbonyl (C=O) groups excluding carboxylic acids is 1. The van der Waals surface area contributed by atoms with Crippen LogP contribution in [0.2, 0.25) is 0 Å². The van der Waals surface area contributed by atoms with Crippen molar-refractivity contribution in [2.75, 3.05) is 43.0 Å². The van der Waals surface area contributed by atoms with Crippen LogP contribution in [0.4, 0.5) is 11.4 Å². The van der Waals surface area contributed by atoms with Crippen molar-refractivity contribution in [2.24, 2.45) is 0 Å². The molecule has 1 saturated carbocycles. The maximum Gasteiger partial charge on any atom is 0.292 e. The van der Waals surface area contributed by atoms with Gasteiger partial charge in [0.15, 0.2) is 0 Å². The average molecular weight is 393 g/mol. The number of thioether (sulfide) groups is 1. The van der Waals surface area contributed by atoms with Crippen LogP contribution in [-0.4, -0.2) is 59.0 Å². The highest BCUT2D eigenvalue weighted by molar-refractivity contribution is 7.99. The van der Waals surface area contributed by atoms with E-state index in [9.17, 15) is 14.9 Å². The van der Waals surface area contributed by atoms with E-state index in [-0.39, 0.29) is 17.1 Å². The van der Waals surface area contributed by atoms with E-state index in [2.05, 4.69) is 15.5 Å². The first-order chi connectivity index (χ1) is 13.1. The molecule has 0 spiro atoms. The quantitative estimate of drug-likeness (QED) is 0.522. The molecule has 8 heteroatoms. The largest absolute Gasteiger partial charge is 0.379 e. The number of hydrogen-bond acceptors (Lipinski definition) is 6. The summed E-state index contributed by atoms with van der Waals surface area (Å²) in [5.74, 6) is 2.35. The molecule has 1 saturated heterocycles. The number of anilines is 1. The number of nitrogens with zero attached hydrogens (tertiary/aromatic N) is 2. The summed E-state index contributed by atoms with van der Waals surface area (Å²) in [5.41, 5.74) is 0.613. The van der Waals surface area contributed by atoms with E-state index in [1.54, 1.807) is 18.2 Å². The molecule has 0 bridgehead atoms. The number of nitro benzene ring substituents is 1. The summed E-state index contributed by atoms with van der Waals surface area (Å²) in [6.45, 7) is 3.31. The highest BCUT2D eigenvalue weighted by atomic mass is 32.2. The van der Waals surface area contributed by atoms with Crippen molar-refractivity contribution < 1.29 is 9.72 Å². The molecule has 2 N–H and O–H groups in total. The number of benzene rings is 1. The Hall–Kier alpha value is -1.80. The molecule has 0 atom stereocenters. The molecule has 7 nitrogen and oxygen atoms in total. The van der Waals surface area contributed by atoms with E-state index >= 15 is 0 Å². The molecule has 148 valence electrons. The van der Waals surface area contributed by atoms with Gasteiger partial charge in [0.25, 0.3) is 5.69 Å². The molecule has 1 aromatic carbocycles. The standard InChI is InChI=1S/C19H28N4O3S/c24-18(7-10-20-16-5-1-2-6-17(16)23(25)26)21-15-19(8-3-4-9-19)22-11-13-27-14-12-22/h1-2,5-6,20H,3-4,7-15H2,(H,21,24).